The van der Waals surface area contributed by atoms with Crippen molar-refractivity contribution in [1.82, 2.24) is 20.4 Å². The van der Waals surface area contributed by atoms with Gasteiger partial charge in [0, 0.05) is 17.8 Å². The van der Waals surface area contributed by atoms with Gasteiger partial charge in [-0.2, -0.15) is 0 Å². The minimum Gasteiger partial charge on any atom is -0.270 e. The lowest BCUT2D eigenvalue weighted by molar-refractivity contribution is 0.604. The normalized spacial score (nSPS) is 12.5. The van der Waals surface area contributed by atoms with Crippen molar-refractivity contribution in [1.29, 1.82) is 0 Å². The highest BCUT2D eigenvalue weighted by atomic mass is 15.2. The summed E-state index contributed by atoms with van der Waals surface area (Å²) in [6, 6.07) is 9.81. The number of aryl methyl sites for hydroxylation is 1. The van der Waals surface area contributed by atoms with Crippen LogP contribution in [0.4, 0.5) is 0 Å². The number of fused-ring (bicyclic) bond motifs is 1. The van der Waals surface area contributed by atoms with E-state index in [2.05, 4.69) is 33.4 Å². The smallest absolute Gasteiger partial charge is 0.107 e. The topological polar surface area (TPSA) is 76.7 Å². The van der Waals surface area contributed by atoms with E-state index < -0.39 is 0 Å². The predicted octanol–water partition coefficient (Wildman–Crippen LogP) is 1.89. The lowest BCUT2D eigenvalue weighted by atomic mass is 10.0. The van der Waals surface area contributed by atoms with E-state index in [-0.39, 0.29) is 6.04 Å². The molecule has 0 fully saturated rings. The maximum absolute atomic E-state index is 5.67. The first-order chi connectivity index (χ1) is 9.79. The molecule has 0 bridgehead atoms. The molecule has 0 aliphatic rings. The zero-order valence-corrected chi connectivity index (χ0v) is 11.1. The van der Waals surface area contributed by atoms with Crippen LogP contribution in [0.5, 0.6) is 0 Å². The van der Waals surface area contributed by atoms with Crippen molar-refractivity contribution in [2.24, 2.45) is 5.84 Å². The average molecular weight is 265 g/mol. The Morgan fingerprint density at radius 1 is 1.15 bits per heavy atom. The Balaban J connectivity index is 2.13. The number of rotatable bonds is 3. The van der Waals surface area contributed by atoms with E-state index >= 15 is 0 Å². The third-order valence-electron chi connectivity index (χ3n) is 3.28. The zero-order valence-electron chi connectivity index (χ0n) is 11.1. The number of nitrogens with two attached hydrogens (primary N) is 1. The molecule has 3 N–H and O–H groups in total. The largest absolute Gasteiger partial charge is 0.270 e. The third kappa shape index (κ3) is 2.24. The van der Waals surface area contributed by atoms with Crippen molar-refractivity contribution in [2.75, 3.05) is 0 Å². The summed E-state index contributed by atoms with van der Waals surface area (Å²) in [4.78, 5) is 13.0. The Morgan fingerprint density at radius 3 is 2.75 bits per heavy atom. The second-order valence-corrected chi connectivity index (χ2v) is 4.61. The highest BCUT2D eigenvalue weighted by Crippen LogP contribution is 2.23. The molecule has 5 heteroatoms. The maximum atomic E-state index is 5.67. The standard InChI is InChI=1S/C15H15N5/c1-10-8-13(19-12-5-3-2-4-11(10)12)15(20-16)14-9-17-6-7-18-14/h2-9,15,20H,16H2,1H3. The van der Waals surface area contributed by atoms with Gasteiger partial charge in [0.1, 0.15) is 6.04 Å². The highest BCUT2D eigenvalue weighted by Gasteiger charge is 2.16. The van der Waals surface area contributed by atoms with Gasteiger partial charge in [-0.3, -0.25) is 20.8 Å². The molecule has 2 heterocycles. The van der Waals surface area contributed by atoms with Gasteiger partial charge in [0.2, 0.25) is 0 Å². The number of para-hydroxylation sites is 1. The monoisotopic (exact) mass is 265 g/mol. The Hall–Kier alpha value is -2.37. The van der Waals surface area contributed by atoms with Crippen LogP contribution in [0.1, 0.15) is 23.0 Å². The van der Waals surface area contributed by atoms with Crippen molar-refractivity contribution in [3.05, 3.63) is 65.9 Å². The Kier molecular flexibility index (Phi) is 3.37. The number of pyridine rings is 1. The van der Waals surface area contributed by atoms with Gasteiger partial charge in [0.15, 0.2) is 0 Å². The van der Waals surface area contributed by atoms with E-state index in [4.69, 9.17) is 5.84 Å². The molecule has 20 heavy (non-hydrogen) atoms. The van der Waals surface area contributed by atoms with Gasteiger partial charge in [0.05, 0.1) is 23.1 Å². The minimum atomic E-state index is -0.271. The van der Waals surface area contributed by atoms with Crippen molar-refractivity contribution in [3.8, 4) is 0 Å². The summed E-state index contributed by atoms with van der Waals surface area (Å²) in [5.74, 6) is 5.67. The summed E-state index contributed by atoms with van der Waals surface area (Å²) < 4.78 is 0. The van der Waals surface area contributed by atoms with E-state index in [0.29, 0.717) is 0 Å². The summed E-state index contributed by atoms with van der Waals surface area (Å²) in [5, 5.41) is 1.14. The van der Waals surface area contributed by atoms with Crippen LogP contribution in [0.25, 0.3) is 10.9 Å². The van der Waals surface area contributed by atoms with E-state index in [0.717, 1.165) is 27.9 Å². The number of hydrogen-bond donors (Lipinski definition) is 2. The Morgan fingerprint density at radius 2 is 2.00 bits per heavy atom. The fourth-order valence-corrected chi connectivity index (χ4v) is 2.31. The van der Waals surface area contributed by atoms with E-state index in [9.17, 15) is 0 Å². The molecular weight excluding hydrogens is 250 g/mol. The number of aromatic nitrogens is 3. The van der Waals surface area contributed by atoms with Gasteiger partial charge < -0.3 is 0 Å². The second kappa shape index (κ2) is 5.32. The fourth-order valence-electron chi connectivity index (χ4n) is 2.31. The van der Waals surface area contributed by atoms with Gasteiger partial charge in [-0.25, -0.2) is 5.43 Å². The van der Waals surface area contributed by atoms with Crippen LogP contribution in [0.15, 0.2) is 48.9 Å². The second-order valence-electron chi connectivity index (χ2n) is 4.61. The lowest BCUT2D eigenvalue weighted by Gasteiger charge is -2.16. The van der Waals surface area contributed by atoms with E-state index in [1.807, 2.05) is 24.3 Å². The average Bonchev–Trinajstić information content (AvgIpc) is 2.49. The Bertz CT molecular complexity index is 727. The first-order valence-electron chi connectivity index (χ1n) is 6.38. The van der Waals surface area contributed by atoms with E-state index in [1.54, 1.807) is 18.6 Å². The first-order valence-corrected chi connectivity index (χ1v) is 6.38. The SMILES string of the molecule is Cc1cc(C(NN)c2cnccn2)nc2ccccc12. The van der Waals surface area contributed by atoms with Crippen LogP contribution in [0.2, 0.25) is 0 Å². The fraction of sp³-hybridized carbons (Fsp3) is 0.133. The van der Waals surface area contributed by atoms with Gasteiger partial charge in [-0.15, -0.1) is 0 Å². The number of hydrogen-bond acceptors (Lipinski definition) is 5. The molecule has 3 rings (SSSR count). The number of nitrogens with zero attached hydrogens (tertiary/aromatic N) is 3. The van der Waals surface area contributed by atoms with Gasteiger partial charge in [-0.1, -0.05) is 18.2 Å². The molecule has 0 saturated carbocycles. The summed E-state index contributed by atoms with van der Waals surface area (Å²) >= 11 is 0. The van der Waals surface area contributed by atoms with Gasteiger partial charge >= 0.3 is 0 Å². The molecule has 5 nitrogen and oxygen atoms in total. The summed E-state index contributed by atoms with van der Waals surface area (Å²) in [6.07, 6.45) is 4.97. The quantitative estimate of drug-likeness (QED) is 0.558. The molecule has 0 amide bonds. The van der Waals surface area contributed by atoms with Crippen LogP contribution in [-0.2, 0) is 0 Å². The Labute approximate surface area is 116 Å². The minimum absolute atomic E-state index is 0.271. The number of benzene rings is 1. The van der Waals surface area contributed by atoms with Gasteiger partial charge in [0.25, 0.3) is 0 Å². The van der Waals surface area contributed by atoms with Crippen molar-refractivity contribution in [2.45, 2.75) is 13.0 Å². The van der Waals surface area contributed by atoms with Crippen LogP contribution in [0, 0.1) is 6.92 Å². The molecule has 0 aliphatic carbocycles. The van der Waals surface area contributed by atoms with E-state index in [1.165, 1.54) is 0 Å². The molecule has 0 spiro atoms. The van der Waals surface area contributed by atoms with Crippen molar-refractivity contribution in [3.63, 3.8) is 0 Å². The lowest BCUT2D eigenvalue weighted by Crippen LogP contribution is -2.30. The van der Waals surface area contributed by atoms with Crippen LogP contribution >= 0.6 is 0 Å². The molecule has 0 saturated heterocycles. The predicted molar refractivity (Wildman–Crippen MR) is 77.7 cm³/mol. The molecule has 100 valence electrons. The number of hydrazine groups is 1. The maximum Gasteiger partial charge on any atom is 0.107 e. The first kappa shape index (κ1) is 12.7. The summed E-state index contributed by atoms with van der Waals surface area (Å²) in [7, 11) is 0. The van der Waals surface area contributed by atoms with Crippen LogP contribution < -0.4 is 11.3 Å². The molecule has 0 aliphatic heterocycles. The van der Waals surface area contributed by atoms with Crippen molar-refractivity contribution >= 4 is 10.9 Å². The molecular formula is C15H15N5. The summed E-state index contributed by atoms with van der Waals surface area (Å²) in [5.41, 5.74) is 6.46. The molecule has 1 atom stereocenters. The molecule has 1 unspecified atom stereocenters. The highest BCUT2D eigenvalue weighted by molar-refractivity contribution is 5.82. The third-order valence-corrected chi connectivity index (χ3v) is 3.28. The van der Waals surface area contributed by atoms with Crippen LogP contribution in [-0.4, -0.2) is 15.0 Å². The molecule has 1 aromatic carbocycles. The molecule has 2 aromatic heterocycles. The molecule has 3 aromatic rings. The van der Waals surface area contributed by atoms with Crippen molar-refractivity contribution < 1.29 is 0 Å². The summed E-state index contributed by atoms with van der Waals surface area (Å²) in [6.45, 7) is 2.07. The zero-order chi connectivity index (χ0) is 13.9. The van der Waals surface area contributed by atoms with Crippen LogP contribution in [0.3, 0.4) is 0 Å². The number of nitrogens with one attached hydrogen (secondary N) is 1. The molecule has 0 radical (unpaired) electrons. The van der Waals surface area contributed by atoms with Gasteiger partial charge in [-0.05, 0) is 24.6 Å².